The quantitative estimate of drug-likeness (QED) is 0.0909. The van der Waals surface area contributed by atoms with E-state index in [1.807, 2.05) is 6.92 Å². The second kappa shape index (κ2) is 26.5. The van der Waals surface area contributed by atoms with Crippen LogP contribution >= 0.6 is 0 Å². The molecular weight excluding hydrogens is 424 g/mol. The van der Waals surface area contributed by atoms with E-state index in [2.05, 4.69) is 13.8 Å². The molecule has 0 aromatic rings. The monoisotopic (exact) mass is 482 g/mol. The topological polar surface area (TPSA) is 52.6 Å². The van der Waals surface area contributed by atoms with Crippen LogP contribution in [0.2, 0.25) is 0 Å². The van der Waals surface area contributed by atoms with Gasteiger partial charge in [-0.2, -0.15) is 0 Å². The zero-order chi connectivity index (χ0) is 25.1. The summed E-state index contributed by atoms with van der Waals surface area (Å²) in [5.41, 5.74) is 0. The van der Waals surface area contributed by atoms with Gasteiger partial charge in [0.25, 0.3) is 0 Å². The average Bonchev–Trinajstić information content (AvgIpc) is 2.82. The molecule has 0 spiro atoms. The Morgan fingerprint density at radius 2 is 0.912 bits per heavy atom. The number of carbonyl (C=O) groups excluding carboxylic acids is 2. The van der Waals surface area contributed by atoms with Crippen LogP contribution in [0.25, 0.3) is 0 Å². The van der Waals surface area contributed by atoms with Crippen LogP contribution in [0.5, 0.6) is 0 Å². The molecule has 0 aliphatic rings. The number of ether oxygens (including phenoxy) is 2. The highest BCUT2D eigenvalue weighted by Gasteiger charge is 2.12. The van der Waals surface area contributed by atoms with E-state index in [0.717, 1.165) is 32.1 Å². The number of esters is 2. The molecule has 0 amide bonds. The molecule has 0 aromatic heterocycles. The summed E-state index contributed by atoms with van der Waals surface area (Å²) in [6.07, 6.45) is 27.4. The second-order valence-electron chi connectivity index (χ2n) is 10.2. The highest BCUT2D eigenvalue weighted by atomic mass is 16.5. The fourth-order valence-electron chi connectivity index (χ4n) is 4.30. The van der Waals surface area contributed by atoms with E-state index >= 15 is 0 Å². The van der Waals surface area contributed by atoms with Crippen molar-refractivity contribution in [1.82, 2.24) is 0 Å². The number of rotatable bonds is 26. The predicted molar refractivity (Wildman–Crippen MR) is 144 cm³/mol. The van der Waals surface area contributed by atoms with Crippen molar-refractivity contribution in [3.63, 3.8) is 0 Å². The number of carbonyl (C=O) groups is 2. The van der Waals surface area contributed by atoms with Gasteiger partial charge in [0.1, 0.15) is 0 Å². The lowest BCUT2D eigenvalue weighted by Gasteiger charge is -2.12. The molecule has 0 aliphatic carbocycles. The lowest BCUT2D eigenvalue weighted by atomic mass is 10.0. The molecule has 0 N–H and O–H groups in total. The van der Waals surface area contributed by atoms with Crippen molar-refractivity contribution in [2.24, 2.45) is 0 Å². The largest absolute Gasteiger partial charge is 0.466 e. The summed E-state index contributed by atoms with van der Waals surface area (Å²) < 4.78 is 10.5. The summed E-state index contributed by atoms with van der Waals surface area (Å²) in [6.45, 7) is 6.78. The fraction of sp³-hybridized carbons (Fsp3) is 0.933. The lowest BCUT2D eigenvalue weighted by Crippen LogP contribution is -2.16. The highest BCUT2D eigenvalue weighted by molar-refractivity contribution is 5.77. The van der Waals surface area contributed by atoms with Crippen molar-refractivity contribution < 1.29 is 19.1 Å². The molecule has 0 radical (unpaired) electrons. The highest BCUT2D eigenvalue weighted by Crippen LogP contribution is 2.14. The van der Waals surface area contributed by atoms with Gasteiger partial charge in [-0.3, -0.25) is 9.59 Å². The zero-order valence-corrected chi connectivity index (χ0v) is 23.2. The molecule has 1 atom stereocenters. The summed E-state index contributed by atoms with van der Waals surface area (Å²) in [5, 5.41) is 0. The van der Waals surface area contributed by atoms with Gasteiger partial charge in [0.15, 0.2) is 0 Å². The minimum Gasteiger partial charge on any atom is -0.466 e. The van der Waals surface area contributed by atoms with E-state index in [1.54, 1.807) is 0 Å². The van der Waals surface area contributed by atoms with Gasteiger partial charge < -0.3 is 9.47 Å². The maximum absolute atomic E-state index is 11.8. The number of hydrogen-bond acceptors (Lipinski definition) is 4. The van der Waals surface area contributed by atoms with Gasteiger partial charge in [-0.1, -0.05) is 136 Å². The molecule has 4 nitrogen and oxygen atoms in total. The van der Waals surface area contributed by atoms with Crippen LogP contribution in [0, 0.1) is 0 Å². The second-order valence-corrected chi connectivity index (χ2v) is 10.2. The summed E-state index contributed by atoms with van der Waals surface area (Å²) in [4.78, 5) is 23.5. The Labute approximate surface area is 212 Å². The van der Waals surface area contributed by atoms with E-state index in [0.29, 0.717) is 6.61 Å². The van der Waals surface area contributed by atoms with E-state index < -0.39 is 0 Å². The fourth-order valence-corrected chi connectivity index (χ4v) is 4.30. The minimum atomic E-state index is -0.297. The van der Waals surface area contributed by atoms with Crippen LogP contribution in [-0.2, 0) is 19.1 Å². The number of hydrogen-bond donors (Lipinski definition) is 0. The molecule has 0 aliphatic heterocycles. The van der Waals surface area contributed by atoms with E-state index in [4.69, 9.17) is 9.47 Å². The maximum atomic E-state index is 11.8. The molecule has 0 aromatic carbocycles. The van der Waals surface area contributed by atoms with Crippen molar-refractivity contribution in [1.29, 1.82) is 0 Å². The Morgan fingerprint density at radius 3 is 1.35 bits per heavy atom. The molecule has 0 bridgehead atoms. The maximum Gasteiger partial charge on any atom is 0.306 e. The Hall–Kier alpha value is -1.06. The van der Waals surface area contributed by atoms with Gasteiger partial charge in [-0.15, -0.1) is 0 Å². The zero-order valence-electron chi connectivity index (χ0n) is 23.2. The molecule has 0 saturated carbocycles. The van der Waals surface area contributed by atoms with Gasteiger partial charge in [0, 0.05) is 0 Å². The van der Waals surface area contributed by atoms with Crippen LogP contribution in [0.3, 0.4) is 0 Å². The first-order valence-corrected chi connectivity index (χ1v) is 14.9. The van der Waals surface area contributed by atoms with E-state index in [-0.39, 0.29) is 30.9 Å². The van der Waals surface area contributed by atoms with Crippen LogP contribution in [0.4, 0.5) is 0 Å². The third-order valence-corrected chi connectivity index (χ3v) is 6.59. The van der Waals surface area contributed by atoms with Gasteiger partial charge in [0.05, 0.1) is 25.6 Å². The Morgan fingerprint density at radius 1 is 0.529 bits per heavy atom. The lowest BCUT2D eigenvalue weighted by molar-refractivity contribution is -0.153. The summed E-state index contributed by atoms with van der Waals surface area (Å²) in [7, 11) is 0. The molecule has 34 heavy (non-hydrogen) atoms. The third-order valence-electron chi connectivity index (χ3n) is 6.59. The van der Waals surface area contributed by atoms with Crippen molar-refractivity contribution >= 4 is 11.9 Å². The van der Waals surface area contributed by atoms with Crippen LogP contribution in [0.1, 0.15) is 168 Å². The van der Waals surface area contributed by atoms with Crippen LogP contribution in [-0.4, -0.2) is 24.6 Å². The van der Waals surface area contributed by atoms with Crippen LogP contribution in [0.15, 0.2) is 0 Å². The number of unbranched alkanes of at least 4 members (excludes halogenated alkanes) is 18. The smallest absolute Gasteiger partial charge is 0.306 e. The summed E-state index contributed by atoms with van der Waals surface area (Å²) in [6, 6.07) is 0. The molecule has 202 valence electrons. The van der Waals surface area contributed by atoms with E-state index in [9.17, 15) is 9.59 Å². The first kappa shape index (κ1) is 32.9. The first-order valence-electron chi connectivity index (χ1n) is 14.9. The van der Waals surface area contributed by atoms with Gasteiger partial charge in [-0.25, -0.2) is 0 Å². The normalized spacial score (nSPS) is 12.0. The molecule has 4 heteroatoms. The summed E-state index contributed by atoms with van der Waals surface area (Å²) >= 11 is 0. The Balaban J connectivity index is 3.27. The van der Waals surface area contributed by atoms with Crippen molar-refractivity contribution in [2.45, 2.75) is 175 Å². The first-order chi connectivity index (χ1) is 16.6. The van der Waals surface area contributed by atoms with Crippen molar-refractivity contribution in [2.75, 3.05) is 6.61 Å². The predicted octanol–water partition coefficient (Wildman–Crippen LogP) is 9.47. The molecule has 0 fully saturated rings. The molecule has 1 unspecified atom stereocenters. The standard InChI is InChI=1S/C30H58O4/c1-4-6-8-9-10-11-12-13-14-15-16-17-18-19-20-21-22-23-27-33-29(31)25-26-30(32)34-28(3)24-7-5-2/h28H,4-27H2,1-3H3. The molecule has 0 rings (SSSR count). The molecule has 0 heterocycles. The van der Waals surface area contributed by atoms with Crippen molar-refractivity contribution in [3.8, 4) is 0 Å². The van der Waals surface area contributed by atoms with Gasteiger partial charge >= 0.3 is 11.9 Å². The van der Waals surface area contributed by atoms with Crippen molar-refractivity contribution in [3.05, 3.63) is 0 Å². The Kier molecular flexibility index (Phi) is 25.7. The van der Waals surface area contributed by atoms with Gasteiger partial charge in [0.2, 0.25) is 0 Å². The minimum absolute atomic E-state index is 0.0665. The van der Waals surface area contributed by atoms with Crippen LogP contribution < -0.4 is 0 Å². The van der Waals surface area contributed by atoms with Gasteiger partial charge in [-0.05, 0) is 19.8 Å². The molecule has 0 saturated heterocycles. The molecular formula is C30H58O4. The van der Waals surface area contributed by atoms with E-state index in [1.165, 1.54) is 103 Å². The summed E-state index contributed by atoms with van der Waals surface area (Å²) in [5.74, 6) is -0.584. The average molecular weight is 483 g/mol. The SMILES string of the molecule is CCCCCCCCCCCCCCCCCCCCOC(=O)CCC(=O)OC(C)CCCC. The third kappa shape index (κ3) is 25.6. The Bertz CT molecular complexity index is 449.